The fourth-order valence-corrected chi connectivity index (χ4v) is 3.71. The summed E-state index contributed by atoms with van der Waals surface area (Å²) in [6.45, 7) is 3.88. The lowest BCUT2D eigenvalue weighted by Crippen LogP contribution is -2.04. The summed E-state index contributed by atoms with van der Waals surface area (Å²) < 4.78 is 1.19. The molecule has 0 fully saturated rings. The van der Waals surface area contributed by atoms with E-state index in [0.29, 0.717) is 16.3 Å². The molecule has 2 aromatic carbocycles. The normalized spacial score (nSPS) is 11.7. The van der Waals surface area contributed by atoms with Crippen molar-refractivity contribution in [1.82, 2.24) is 0 Å². The summed E-state index contributed by atoms with van der Waals surface area (Å²) in [6.07, 6.45) is 0. The van der Waals surface area contributed by atoms with E-state index in [2.05, 4.69) is 17.3 Å². The summed E-state index contributed by atoms with van der Waals surface area (Å²) in [6, 6.07) is 14.9. The second-order valence-corrected chi connectivity index (χ2v) is 6.55. The van der Waals surface area contributed by atoms with Gasteiger partial charge in [-0.05, 0) is 43.0 Å². The van der Waals surface area contributed by atoms with Gasteiger partial charge in [-0.15, -0.1) is 11.3 Å². The molecule has 3 rings (SSSR count). The molecule has 3 aromatic rings. The van der Waals surface area contributed by atoms with Crippen LogP contribution in [-0.2, 0) is 4.84 Å². The number of aryl methyl sites for hydroxylation is 1. The minimum Gasteiger partial charge on any atom is -0.312 e. The second-order valence-electron chi connectivity index (χ2n) is 5.09. The van der Waals surface area contributed by atoms with Gasteiger partial charge >= 0.3 is 5.97 Å². The van der Waals surface area contributed by atoms with Gasteiger partial charge in [0.05, 0.1) is 21.2 Å². The molecule has 0 radical (unpaired) electrons. The third-order valence-electron chi connectivity index (χ3n) is 3.53. The third kappa shape index (κ3) is 3.14. The number of benzene rings is 2. The second kappa shape index (κ2) is 6.52. The molecule has 0 spiro atoms. The monoisotopic (exact) mass is 343 g/mol. The minimum absolute atomic E-state index is 0.304. The van der Waals surface area contributed by atoms with E-state index >= 15 is 0 Å². The Morgan fingerprint density at radius 2 is 1.83 bits per heavy atom. The van der Waals surface area contributed by atoms with Crippen LogP contribution in [0.3, 0.4) is 0 Å². The van der Waals surface area contributed by atoms with Crippen LogP contribution in [0, 0.1) is 6.92 Å². The van der Waals surface area contributed by atoms with E-state index < -0.39 is 5.97 Å². The number of hydrogen-bond donors (Lipinski definition) is 0. The molecule has 0 saturated carbocycles. The number of thiophene rings is 1. The lowest BCUT2D eigenvalue weighted by Gasteiger charge is -2.02. The molecule has 23 heavy (non-hydrogen) atoms. The number of halogens is 1. The molecule has 0 aliphatic heterocycles. The Morgan fingerprint density at radius 3 is 2.57 bits per heavy atom. The van der Waals surface area contributed by atoms with Crippen molar-refractivity contribution in [3.8, 4) is 0 Å². The minimum atomic E-state index is -0.561. The van der Waals surface area contributed by atoms with E-state index in [-0.39, 0.29) is 0 Å². The fourth-order valence-electron chi connectivity index (χ4n) is 2.35. The first-order chi connectivity index (χ1) is 11.1. The van der Waals surface area contributed by atoms with Crippen molar-refractivity contribution in [1.29, 1.82) is 0 Å². The van der Waals surface area contributed by atoms with Crippen molar-refractivity contribution in [3.05, 3.63) is 69.6 Å². The zero-order valence-electron chi connectivity index (χ0n) is 12.7. The summed E-state index contributed by atoms with van der Waals surface area (Å²) in [5.74, 6) is -0.561. The van der Waals surface area contributed by atoms with Gasteiger partial charge in [0.25, 0.3) is 0 Å². The van der Waals surface area contributed by atoms with Gasteiger partial charge in [0.15, 0.2) is 0 Å². The molecule has 3 nitrogen and oxygen atoms in total. The van der Waals surface area contributed by atoms with Gasteiger partial charge in [-0.3, -0.25) is 0 Å². The summed E-state index contributed by atoms with van der Waals surface area (Å²) >= 11 is 7.62. The van der Waals surface area contributed by atoms with Crippen molar-refractivity contribution in [2.75, 3.05) is 0 Å². The molecular formula is C18H14ClNO2S. The molecule has 0 bridgehead atoms. The zero-order chi connectivity index (χ0) is 16.4. The average Bonchev–Trinajstić information content (AvgIpc) is 2.90. The number of carbonyl (C=O) groups is 1. The summed E-state index contributed by atoms with van der Waals surface area (Å²) in [5.41, 5.74) is 2.11. The summed E-state index contributed by atoms with van der Waals surface area (Å²) in [7, 11) is 0. The molecule has 0 unspecified atom stereocenters. The number of fused-ring (bicyclic) bond motifs is 1. The maximum atomic E-state index is 12.0. The highest BCUT2D eigenvalue weighted by atomic mass is 35.5. The van der Waals surface area contributed by atoms with Crippen LogP contribution in [0.1, 0.15) is 27.7 Å². The predicted molar refractivity (Wildman–Crippen MR) is 95.6 cm³/mol. The number of hydrogen-bond acceptors (Lipinski definition) is 4. The largest absolute Gasteiger partial charge is 0.367 e. The quantitative estimate of drug-likeness (QED) is 0.360. The van der Waals surface area contributed by atoms with Crippen LogP contribution in [0.4, 0.5) is 0 Å². The van der Waals surface area contributed by atoms with Gasteiger partial charge in [0.2, 0.25) is 0 Å². The molecule has 0 amide bonds. The van der Waals surface area contributed by atoms with Gasteiger partial charge < -0.3 is 4.84 Å². The van der Waals surface area contributed by atoms with Crippen LogP contribution in [0.5, 0.6) is 0 Å². The van der Waals surface area contributed by atoms with Gasteiger partial charge in [0, 0.05) is 4.70 Å². The summed E-state index contributed by atoms with van der Waals surface area (Å²) in [4.78, 5) is 18.1. The van der Waals surface area contributed by atoms with E-state index in [1.807, 2.05) is 26.0 Å². The van der Waals surface area contributed by atoms with Gasteiger partial charge in [-0.2, -0.15) is 0 Å². The van der Waals surface area contributed by atoms with Gasteiger partial charge in [-0.25, -0.2) is 4.79 Å². The summed E-state index contributed by atoms with van der Waals surface area (Å²) in [5, 5.41) is 5.53. The molecule has 0 atom stereocenters. The van der Waals surface area contributed by atoms with Crippen LogP contribution in [0.25, 0.3) is 10.1 Å². The van der Waals surface area contributed by atoms with Crippen LogP contribution in [0.2, 0.25) is 5.02 Å². The molecule has 0 aliphatic carbocycles. The fraction of sp³-hybridized carbons (Fsp3) is 0.111. The molecule has 0 saturated heterocycles. The smallest absolute Gasteiger partial charge is 0.312 e. The third-order valence-corrected chi connectivity index (χ3v) is 5.24. The lowest BCUT2D eigenvalue weighted by atomic mass is 10.1. The maximum absolute atomic E-state index is 12.0. The van der Waals surface area contributed by atoms with E-state index in [4.69, 9.17) is 16.4 Å². The Labute approximate surface area is 143 Å². The van der Waals surface area contributed by atoms with Gasteiger partial charge in [-0.1, -0.05) is 47.1 Å². The molecular weight excluding hydrogens is 330 g/mol. The first-order valence-corrected chi connectivity index (χ1v) is 8.26. The van der Waals surface area contributed by atoms with Crippen LogP contribution in [0.15, 0.2) is 53.7 Å². The van der Waals surface area contributed by atoms with E-state index in [1.54, 1.807) is 35.6 Å². The average molecular weight is 344 g/mol. The van der Waals surface area contributed by atoms with Crippen LogP contribution in [-0.4, -0.2) is 11.7 Å². The van der Waals surface area contributed by atoms with Crippen LogP contribution < -0.4 is 0 Å². The van der Waals surface area contributed by atoms with Crippen LogP contribution >= 0.6 is 22.9 Å². The number of carbonyl (C=O) groups excluding carboxylic acids is 1. The highest BCUT2D eigenvalue weighted by molar-refractivity contribution is 7.21. The highest BCUT2D eigenvalue weighted by Crippen LogP contribution is 2.31. The van der Waals surface area contributed by atoms with Crippen molar-refractivity contribution < 1.29 is 9.63 Å². The lowest BCUT2D eigenvalue weighted by molar-refractivity contribution is 0.0516. The predicted octanol–water partition coefficient (Wildman–Crippen LogP) is 5.44. The Bertz CT molecular complexity index is 914. The topological polar surface area (TPSA) is 38.7 Å². The maximum Gasteiger partial charge on any atom is 0.367 e. The first-order valence-electron chi connectivity index (χ1n) is 7.07. The number of oxime groups is 1. The van der Waals surface area contributed by atoms with E-state index in [9.17, 15) is 4.79 Å². The molecule has 0 N–H and O–H groups in total. The molecule has 0 aliphatic rings. The Morgan fingerprint density at radius 1 is 1.13 bits per heavy atom. The van der Waals surface area contributed by atoms with Gasteiger partial charge in [0.1, 0.15) is 0 Å². The van der Waals surface area contributed by atoms with E-state index in [1.165, 1.54) is 10.1 Å². The van der Waals surface area contributed by atoms with Crippen molar-refractivity contribution >= 4 is 44.7 Å². The number of rotatable bonds is 3. The molecule has 1 heterocycles. The highest BCUT2D eigenvalue weighted by Gasteiger charge is 2.14. The molecule has 1 aromatic heterocycles. The SMILES string of the molecule is C/C(=N/OC(=O)c1ccccc1Cl)c1sc2ccccc2c1C. The zero-order valence-corrected chi connectivity index (χ0v) is 14.2. The Hall–Kier alpha value is -2.17. The molecule has 5 heteroatoms. The van der Waals surface area contributed by atoms with Crippen molar-refractivity contribution in [2.24, 2.45) is 5.16 Å². The van der Waals surface area contributed by atoms with Crippen molar-refractivity contribution in [2.45, 2.75) is 13.8 Å². The Balaban J connectivity index is 1.86. The Kier molecular flexibility index (Phi) is 4.46. The van der Waals surface area contributed by atoms with E-state index in [0.717, 1.165) is 10.4 Å². The standard InChI is InChI=1S/C18H14ClNO2S/c1-11-13-7-4-6-10-16(13)23-17(11)12(2)20-22-18(21)14-8-3-5-9-15(14)19/h3-10H,1-2H3/b20-12-. The molecule has 116 valence electrons. The number of nitrogens with zero attached hydrogens (tertiary/aromatic N) is 1. The first kappa shape index (κ1) is 15.7. The van der Waals surface area contributed by atoms with Crippen molar-refractivity contribution in [3.63, 3.8) is 0 Å².